The molecule has 2 aromatic carbocycles. The molecule has 0 radical (unpaired) electrons. The molecule has 1 fully saturated rings. The van der Waals surface area contributed by atoms with E-state index < -0.39 is 0 Å². The third-order valence-corrected chi connectivity index (χ3v) is 4.91. The van der Waals surface area contributed by atoms with Crippen molar-refractivity contribution in [2.45, 2.75) is 58.5 Å². The van der Waals surface area contributed by atoms with Gasteiger partial charge in [0.1, 0.15) is 18.5 Å². The van der Waals surface area contributed by atoms with Crippen molar-refractivity contribution >= 4 is 5.78 Å². The van der Waals surface area contributed by atoms with Crippen LogP contribution in [0, 0.1) is 0 Å². The van der Waals surface area contributed by atoms with Gasteiger partial charge in [-0.3, -0.25) is 4.79 Å². The summed E-state index contributed by atoms with van der Waals surface area (Å²) in [4.78, 5) is 13.3. The second-order valence-electron chi connectivity index (χ2n) is 9.39. The standard InChI is InChI=1S/C24H30O3/c1-23(2,3)17-9-7-8-16(12-17)22(25)20-11-10-18(24(4,5)6)13-21(20)27-15-19-14-26-19/h7-13,19H,14-15H2,1-6H3. The molecule has 0 spiro atoms. The molecule has 1 saturated heterocycles. The lowest BCUT2D eigenvalue weighted by atomic mass is 9.84. The van der Waals surface area contributed by atoms with Gasteiger partial charge in [0.2, 0.25) is 0 Å². The van der Waals surface area contributed by atoms with Gasteiger partial charge in [-0.1, -0.05) is 65.8 Å². The first-order valence-corrected chi connectivity index (χ1v) is 9.60. The summed E-state index contributed by atoms with van der Waals surface area (Å²) < 4.78 is 11.2. The summed E-state index contributed by atoms with van der Waals surface area (Å²) in [6.45, 7) is 14.1. The second-order valence-corrected chi connectivity index (χ2v) is 9.39. The van der Waals surface area contributed by atoms with E-state index in [2.05, 4.69) is 47.6 Å². The van der Waals surface area contributed by atoms with Crippen LogP contribution in [0.25, 0.3) is 0 Å². The van der Waals surface area contributed by atoms with Crippen molar-refractivity contribution < 1.29 is 14.3 Å². The number of rotatable bonds is 5. The third-order valence-electron chi connectivity index (χ3n) is 4.91. The average Bonchev–Trinajstić information content (AvgIpc) is 3.42. The van der Waals surface area contributed by atoms with Crippen molar-refractivity contribution in [2.75, 3.05) is 13.2 Å². The number of ketones is 1. The third kappa shape index (κ3) is 4.78. The largest absolute Gasteiger partial charge is 0.490 e. The maximum absolute atomic E-state index is 13.3. The molecule has 3 nitrogen and oxygen atoms in total. The highest BCUT2D eigenvalue weighted by molar-refractivity contribution is 6.10. The highest BCUT2D eigenvalue weighted by Gasteiger charge is 2.26. The fourth-order valence-corrected chi connectivity index (χ4v) is 2.93. The number of ether oxygens (including phenoxy) is 2. The molecular formula is C24H30O3. The van der Waals surface area contributed by atoms with Crippen LogP contribution in [-0.2, 0) is 15.6 Å². The summed E-state index contributed by atoms with van der Waals surface area (Å²) in [5.41, 5.74) is 3.58. The number of carbonyl (C=O) groups is 1. The molecule has 2 aromatic rings. The Balaban J connectivity index is 1.97. The molecule has 1 aliphatic rings. The van der Waals surface area contributed by atoms with Gasteiger partial charge < -0.3 is 9.47 Å². The van der Waals surface area contributed by atoms with E-state index in [4.69, 9.17) is 9.47 Å². The Morgan fingerprint density at radius 1 is 1.00 bits per heavy atom. The van der Waals surface area contributed by atoms with Crippen molar-refractivity contribution in [1.82, 2.24) is 0 Å². The molecule has 144 valence electrons. The van der Waals surface area contributed by atoms with Gasteiger partial charge in [-0.2, -0.15) is 0 Å². The number of epoxide rings is 1. The number of hydrogen-bond donors (Lipinski definition) is 0. The lowest BCUT2D eigenvalue weighted by Crippen LogP contribution is -2.15. The predicted octanol–water partition coefficient (Wildman–Crippen LogP) is 5.29. The molecule has 3 rings (SSSR count). The van der Waals surface area contributed by atoms with E-state index in [1.54, 1.807) is 0 Å². The van der Waals surface area contributed by atoms with E-state index in [1.807, 2.05) is 36.4 Å². The van der Waals surface area contributed by atoms with Gasteiger partial charge in [0.05, 0.1) is 12.2 Å². The number of carbonyl (C=O) groups excluding carboxylic acids is 1. The van der Waals surface area contributed by atoms with Gasteiger partial charge in [-0.25, -0.2) is 0 Å². The summed E-state index contributed by atoms with van der Waals surface area (Å²) in [6, 6.07) is 13.8. The number of benzene rings is 2. The molecular weight excluding hydrogens is 336 g/mol. The minimum atomic E-state index is -0.0120. The Morgan fingerprint density at radius 2 is 1.63 bits per heavy atom. The van der Waals surface area contributed by atoms with Gasteiger partial charge in [0, 0.05) is 5.56 Å². The van der Waals surface area contributed by atoms with Crippen LogP contribution in [0.15, 0.2) is 42.5 Å². The Bertz CT molecular complexity index is 833. The number of hydrogen-bond acceptors (Lipinski definition) is 3. The Hall–Kier alpha value is -2.13. The maximum Gasteiger partial charge on any atom is 0.196 e. The van der Waals surface area contributed by atoms with Gasteiger partial charge in [0.15, 0.2) is 5.78 Å². The fourth-order valence-electron chi connectivity index (χ4n) is 2.93. The summed E-state index contributed by atoms with van der Waals surface area (Å²) in [5.74, 6) is 0.636. The van der Waals surface area contributed by atoms with Gasteiger partial charge in [-0.05, 0) is 40.2 Å². The van der Waals surface area contributed by atoms with Crippen LogP contribution in [0.3, 0.4) is 0 Å². The van der Waals surface area contributed by atoms with Crippen molar-refractivity contribution in [2.24, 2.45) is 0 Å². The Kier molecular flexibility index (Phi) is 5.18. The van der Waals surface area contributed by atoms with E-state index >= 15 is 0 Å². The van der Waals surface area contributed by atoms with Crippen LogP contribution < -0.4 is 4.74 Å². The molecule has 0 saturated carbocycles. The van der Waals surface area contributed by atoms with Crippen molar-refractivity contribution in [3.63, 3.8) is 0 Å². The Labute approximate surface area is 162 Å². The van der Waals surface area contributed by atoms with E-state index in [9.17, 15) is 4.79 Å². The zero-order valence-corrected chi connectivity index (χ0v) is 17.3. The fraction of sp³-hybridized carbons (Fsp3) is 0.458. The van der Waals surface area contributed by atoms with Crippen LogP contribution >= 0.6 is 0 Å². The zero-order chi connectivity index (χ0) is 19.8. The Morgan fingerprint density at radius 3 is 2.22 bits per heavy atom. The average molecular weight is 367 g/mol. The van der Waals surface area contributed by atoms with Crippen LogP contribution in [0.2, 0.25) is 0 Å². The van der Waals surface area contributed by atoms with Crippen molar-refractivity contribution in [1.29, 1.82) is 0 Å². The molecule has 1 unspecified atom stereocenters. The van der Waals surface area contributed by atoms with E-state index in [1.165, 1.54) is 0 Å². The summed E-state index contributed by atoms with van der Waals surface area (Å²) >= 11 is 0. The SMILES string of the molecule is CC(C)(C)c1cccc(C(=O)c2ccc(C(C)(C)C)cc2OCC2CO2)c1. The van der Waals surface area contributed by atoms with Crippen LogP contribution in [-0.4, -0.2) is 25.1 Å². The first-order chi connectivity index (χ1) is 12.6. The highest BCUT2D eigenvalue weighted by atomic mass is 16.6. The molecule has 27 heavy (non-hydrogen) atoms. The molecule has 1 aliphatic heterocycles. The summed E-state index contributed by atoms with van der Waals surface area (Å²) in [7, 11) is 0. The molecule has 1 heterocycles. The summed E-state index contributed by atoms with van der Waals surface area (Å²) in [6.07, 6.45) is 0.149. The topological polar surface area (TPSA) is 38.8 Å². The molecule has 1 atom stereocenters. The van der Waals surface area contributed by atoms with Crippen molar-refractivity contribution in [3.8, 4) is 5.75 Å². The molecule has 0 amide bonds. The van der Waals surface area contributed by atoms with Crippen LogP contribution in [0.4, 0.5) is 0 Å². The normalized spacial score (nSPS) is 16.9. The highest BCUT2D eigenvalue weighted by Crippen LogP contribution is 2.31. The van der Waals surface area contributed by atoms with E-state index in [-0.39, 0.29) is 22.7 Å². The lowest BCUT2D eigenvalue weighted by molar-refractivity contribution is 0.103. The molecule has 0 bridgehead atoms. The first-order valence-electron chi connectivity index (χ1n) is 9.60. The molecule has 0 aromatic heterocycles. The van der Waals surface area contributed by atoms with E-state index in [0.29, 0.717) is 23.5 Å². The maximum atomic E-state index is 13.3. The van der Waals surface area contributed by atoms with Crippen molar-refractivity contribution in [3.05, 3.63) is 64.7 Å². The van der Waals surface area contributed by atoms with Crippen LogP contribution in [0.5, 0.6) is 5.75 Å². The van der Waals surface area contributed by atoms with Crippen LogP contribution in [0.1, 0.15) is 68.6 Å². The molecule has 3 heteroatoms. The minimum Gasteiger partial charge on any atom is -0.490 e. The minimum absolute atomic E-state index is 0.00494. The van der Waals surface area contributed by atoms with Gasteiger partial charge in [-0.15, -0.1) is 0 Å². The van der Waals surface area contributed by atoms with Gasteiger partial charge >= 0.3 is 0 Å². The quantitative estimate of drug-likeness (QED) is 0.533. The monoisotopic (exact) mass is 366 g/mol. The zero-order valence-electron chi connectivity index (χ0n) is 17.3. The van der Waals surface area contributed by atoms with Gasteiger partial charge in [0.25, 0.3) is 0 Å². The molecule has 0 N–H and O–H groups in total. The first kappa shape index (κ1) is 19.6. The predicted molar refractivity (Wildman–Crippen MR) is 109 cm³/mol. The smallest absolute Gasteiger partial charge is 0.196 e. The second kappa shape index (κ2) is 7.12. The lowest BCUT2D eigenvalue weighted by Gasteiger charge is -2.22. The summed E-state index contributed by atoms with van der Waals surface area (Å²) in [5, 5.41) is 0. The van der Waals surface area contributed by atoms with E-state index in [0.717, 1.165) is 17.7 Å². The molecule has 0 aliphatic carbocycles.